The molecule has 0 aliphatic carbocycles. The van der Waals surface area contributed by atoms with Crippen LogP contribution < -0.4 is 0 Å². The first-order valence-corrected chi connectivity index (χ1v) is 2.16. The number of nitrogens with zero attached hydrogens (tertiary/aromatic N) is 1. The van der Waals surface area contributed by atoms with Crippen molar-refractivity contribution in [1.82, 2.24) is 0 Å². The lowest BCUT2D eigenvalue weighted by Gasteiger charge is -2.02. The quantitative estimate of drug-likeness (QED) is 0.196. The van der Waals surface area contributed by atoms with E-state index in [4.69, 9.17) is 5.11 Å². The van der Waals surface area contributed by atoms with Gasteiger partial charge in [0.15, 0.2) is 5.88 Å². The Bertz CT molecular complexity index is 105. The van der Waals surface area contributed by atoms with Gasteiger partial charge in [-0.25, -0.2) is 0 Å². The van der Waals surface area contributed by atoms with Crippen molar-refractivity contribution in [2.24, 2.45) is 0 Å². The van der Waals surface area contributed by atoms with Gasteiger partial charge in [0.05, 0.1) is 4.92 Å². The summed E-state index contributed by atoms with van der Waals surface area (Å²) in [5.74, 6) is -4.53. The summed E-state index contributed by atoms with van der Waals surface area (Å²) in [4.78, 5) is 7.85. The number of hydrogen-bond donors (Lipinski definition) is 1. The molecule has 48 valence electrons. The molecule has 0 heterocycles. The molecule has 0 aromatic heterocycles. The van der Waals surface area contributed by atoms with Gasteiger partial charge in [0.2, 0.25) is 0 Å². The largest absolute Gasteiger partial charge is 0.487 e. The summed E-state index contributed by atoms with van der Waals surface area (Å²) in [7, 11) is 0. The Morgan fingerprint density at radius 2 is 2.38 bits per heavy atom. The van der Waals surface area contributed by atoms with Crippen LogP contribution in [0.2, 0.25) is 0 Å². The topological polar surface area (TPSA) is 63.4 Å². The van der Waals surface area contributed by atoms with E-state index in [1.165, 1.54) is 0 Å². The van der Waals surface area contributed by atoms with Crippen LogP contribution in [-0.4, -0.2) is 21.9 Å². The Kier molecular flexibility index (Phi) is 2.12. The third-order valence-electron chi connectivity index (χ3n) is 0.450. The van der Waals surface area contributed by atoms with Crippen molar-refractivity contribution in [2.45, 2.75) is 5.98 Å². The van der Waals surface area contributed by atoms with Crippen molar-refractivity contribution in [3.05, 3.63) is 10.1 Å². The molecule has 0 aliphatic heterocycles. The molecule has 0 radical (unpaired) electrons. The maximum atomic E-state index is 11.7. The summed E-state index contributed by atoms with van der Waals surface area (Å²) in [5, 5.41) is 17.3. The number of hydrogen-bond acceptors (Lipinski definition) is 3. The molecule has 0 spiro atoms. The van der Waals surface area contributed by atoms with E-state index in [0.29, 0.717) is 0 Å². The maximum Gasteiger partial charge on any atom is 0.487 e. The summed E-state index contributed by atoms with van der Waals surface area (Å²) >= 11 is 4.62. The molecule has 0 saturated heterocycles. The SMILES string of the molecule is O=[N+]([O-])C(O)(F)CCl. The van der Waals surface area contributed by atoms with Crippen LogP contribution >= 0.6 is 11.6 Å². The van der Waals surface area contributed by atoms with E-state index in [1.54, 1.807) is 0 Å². The number of rotatable bonds is 2. The molecule has 0 rings (SSSR count). The Balaban J connectivity index is 3.91. The van der Waals surface area contributed by atoms with Crippen molar-refractivity contribution in [3.63, 3.8) is 0 Å². The third-order valence-corrected chi connectivity index (χ3v) is 0.790. The third kappa shape index (κ3) is 1.59. The van der Waals surface area contributed by atoms with Crippen molar-refractivity contribution in [1.29, 1.82) is 0 Å². The highest BCUT2D eigenvalue weighted by Crippen LogP contribution is 2.07. The normalized spacial score (nSPS) is 17.4. The molecule has 6 heteroatoms. The van der Waals surface area contributed by atoms with Crippen LogP contribution in [0, 0.1) is 10.1 Å². The minimum absolute atomic E-state index is 1.06. The molecule has 0 aromatic carbocycles. The standard InChI is InChI=1S/C2H3ClFNO3/c3-1-2(4,6)5(7)8/h6H,1H2. The first-order chi connectivity index (χ1) is 3.50. The van der Waals surface area contributed by atoms with E-state index in [2.05, 4.69) is 11.6 Å². The molecule has 0 aliphatic rings. The van der Waals surface area contributed by atoms with Gasteiger partial charge in [-0.05, 0) is 0 Å². The number of halogens is 2. The van der Waals surface area contributed by atoms with Gasteiger partial charge < -0.3 is 5.11 Å². The van der Waals surface area contributed by atoms with Crippen LogP contribution in [0.5, 0.6) is 0 Å². The van der Waals surface area contributed by atoms with Gasteiger partial charge in [-0.1, -0.05) is 0 Å². The van der Waals surface area contributed by atoms with E-state index < -0.39 is 16.8 Å². The predicted molar refractivity (Wildman–Crippen MR) is 23.8 cm³/mol. The first-order valence-electron chi connectivity index (χ1n) is 1.62. The van der Waals surface area contributed by atoms with Gasteiger partial charge in [-0.3, -0.25) is 10.1 Å². The highest BCUT2D eigenvalue weighted by molar-refractivity contribution is 6.18. The van der Waals surface area contributed by atoms with E-state index in [1.807, 2.05) is 0 Å². The average molecular weight is 144 g/mol. The molecular formula is C2H3ClFNO3. The van der Waals surface area contributed by atoms with Crippen LogP contribution in [0.3, 0.4) is 0 Å². The Morgan fingerprint density at radius 3 is 2.38 bits per heavy atom. The molecule has 0 aromatic rings. The minimum Gasteiger partial charge on any atom is -0.302 e. The summed E-state index contributed by atoms with van der Waals surface area (Å²) in [6.07, 6.45) is 0. The molecule has 1 atom stereocenters. The summed E-state index contributed by atoms with van der Waals surface area (Å²) in [6.45, 7) is 0. The zero-order chi connectivity index (χ0) is 6.78. The van der Waals surface area contributed by atoms with Gasteiger partial charge in [-0.15, -0.1) is 16.0 Å². The Morgan fingerprint density at radius 1 is 2.00 bits per heavy atom. The average Bonchev–Trinajstić information content (AvgIpc) is 1.67. The van der Waals surface area contributed by atoms with Crippen molar-refractivity contribution in [3.8, 4) is 0 Å². The lowest BCUT2D eigenvalue weighted by molar-refractivity contribution is -0.655. The second-order valence-corrected chi connectivity index (χ2v) is 1.38. The van der Waals surface area contributed by atoms with Crippen molar-refractivity contribution >= 4 is 11.6 Å². The second-order valence-electron chi connectivity index (χ2n) is 1.11. The fourth-order valence-corrected chi connectivity index (χ4v) is 0.146. The molecule has 1 N–H and O–H groups in total. The Hall–Kier alpha value is -0.420. The van der Waals surface area contributed by atoms with Crippen molar-refractivity contribution < 1.29 is 14.4 Å². The van der Waals surface area contributed by atoms with E-state index in [0.717, 1.165) is 0 Å². The van der Waals surface area contributed by atoms with Crippen LogP contribution in [0.25, 0.3) is 0 Å². The fourth-order valence-electron chi connectivity index (χ4n) is 0.0488. The molecule has 8 heavy (non-hydrogen) atoms. The zero-order valence-electron chi connectivity index (χ0n) is 3.67. The lowest BCUT2D eigenvalue weighted by Crippen LogP contribution is -2.34. The first kappa shape index (κ1) is 7.58. The summed E-state index contributed by atoms with van der Waals surface area (Å²) in [5.41, 5.74) is 0. The molecule has 0 bridgehead atoms. The van der Waals surface area contributed by atoms with E-state index in [-0.39, 0.29) is 0 Å². The van der Waals surface area contributed by atoms with Gasteiger partial charge in [0.25, 0.3) is 0 Å². The monoisotopic (exact) mass is 143 g/mol. The van der Waals surface area contributed by atoms with Crippen LogP contribution in [0.1, 0.15) is 0 Å². The second kappa shape index (κ2) is 2.23. The molecule has 0 amide bonds. The number of alkyl halides is 2. The molecular weight excluding hydrogens is 140 g/mol. The molecule has 0 saturated carbocycles. The van der Waals surface area contributed by atoms with E-state index in [9.17, 15) is 14.5 Å². The maximum absolute atomic E-state index is 11.7. The van der Waals surface area contributed by atoms with Crippen LogP contribution in [-0.2, 0) is 0 Å². The van der Waals surface area contributed by atoms with Crippen LogP contribution in [0.15, 0.2) is 0 Å². The number of aliphatic hydroxyl groups is 1. The van der Waals surface area contributed by atoms with Crippen molar-refractivity contribution in [2.75, 3.05) is 5.88 Å². The van der Waals surface area contributed by atoms with Gasteiger partial charge in [0, 0.05) is 0 Å². The van der Waals surface area contributed by atoms with Gasteiger partial charge in [0.1, 0.15) is 0 Å². The zero-order valence-corrected chi connectivity index (χ0v) is 4.43. The van der Waals surface area contributed by atoms with E-state index >= 15 is 0 Å². The summed E-state index contributed by atoms with van der Waals surface area (Å²) < 4.78 is 11.7. The lowest BCUT2D eigenvalue weighted by atomic mass is 10.6. The minimum atomic E-state index is -3.47. The molecule has 1 unspecified atom stereocenters. The number of nitro groups is 1. The highest BCUT2D eigenvalue weighted by atomic mass is 35.5. The predicted octanol–water partition coefficient (Wildman–Crippen LogP) is 0.117. The molecule has 0 fully saturated rings. The molecule has 4 nitrogen and oxygen atoms in total. The fraction of sp³-hybridized carbons (Fsp3) is 1.00. The summed E-state index contributed by atoms with van der Waals surface area (Å²) in [6, 6.07) is 0. The van der Waals surface area contributed by atoms with Gasteiger partial charge in [-0.2, -0.15) is 0 Å². The van der Waals surface area contributed by atoms with Crippen LogP contribution in [0.4, 0.5) is 4.39 Å². The van der Waals surface area contributed by atoms with Gasteiger partial charge >= 0.3 is 5.98 Å². The smallest absolute Gasteiger partial charge is 0.302 e. The highest BCUT2D eigenvalue weighted by Gasteiger charge is 2.39. The Labute approximate surface area is 49.0 Å².